The molecule has 24 heavy (non-hydrogen) atoms. The van der Waals surface area contributed by atoms with Crippen molar-refractivity contribution >= 4 is 28.4 Å². The van der Waals surface area contributed by atoms with Crippen molar-refractivity contribution in [2.75, 3.05) is 11.9 Å². The van der Waals surface area contributed by atoms with E-state index in [2.05, 4.69) is 37.9 Å². The Hall–Kier alpha value is -2.22. The molecule has 0 saturated carbocycles. The number of nitrogens with zero attached hydrogens (tertiary/aromatic N) is 3. The van der Waals surface area contributed by atoms with E-state index in [-0.39, 0.29) is 0 Å². The van der Waals surface area contributed by atoms with Crippen LogP contribution in [0.2, 0.25) is 0 Å². The van der Waals surface area contributed by atoms with Crippen LogP contribution in [0.25, 0.3) is 11.4 Å². The van der Waals surface area contributed by atoms with E-state index in [1.165, 1.54) is 9.77 Å². The van der Waals surface area contributed by atoms with E-state index >= 15 is 0 Å². The Balaban J connectivity index is 1.71. The molecule has 0 spiro atoms. The highest BCUT2D eigenvalue weighted by Gasteiger charge is 2.05. The summed E-state index contributed by atoms with van der Waals surface area (Å²) in [5, 5.41) is 14.6. The Morgan fingerprint density at radius 2 is 1.96 bits per heavy atom. The van der Waals surface area contributed by atoms with Crippen LogP contribution in [0.4, 0.5) is 5.82 Å². The van der Waals surface area contributed by atoms with Gasteiger partial charge in [-0.25, -0.2) is 9.97 Å². The Morgan fingerprint density at radius 1 is 1.17 bits per heavy atom. The van der Waals surface area contributed by atoms with Crippen LogP contribution in [0, 0.1) is 15.7 Å². The third kappa shape index (κ3) is 4.41. The molecule has 2 heterocycles. The SMILES string of the molecule is Cc1cc(NCCc2ccc[n+]([O-])c2)nc(-c2ccc(I)cc2)n1. The normalized spacial score (nSPS) is 10.6. The van der Waals surface area contributed by atoms with Gasteiger partial charge in [0.15, 0.2) is 18.2 Å². The van der Waals surface area contributed by atoms with Gasteiger partial charge < -0.3 is 10.5 Å². The lowest BCUT2D eigenvalue weighted by Crippen LogP contribution is -2.25. The predicted molar refractivity (Wildman–Crippen MR) is 103 cm³/mol. The minimum Gasteiger partial charge on any atom is -0.619 e. The van der Waals surface area contributed by atoms with E-state index < -0.39 is 0 Å². The van der Waals surface area contributed by atoms with Gasteiger partial charge in [0, 0.05) is 39.1 Å². The standard InChI is InChI=1S/C18H17IN4O/c1-13-11-17(20-9-8-14-3-2-10-23(24)12-14)22-18(21-13)15-4-6-16(19)7-5-15/h2-7,10-12H,8-9H2,1H3,(H,20,21,22). The van der Waals surface area contributed by atoms with E-state index in [0.29, 0.717) is 12.4 Å². The van der Waals surface area contributed by atoms with Crippen LogP contribution in [0.1, 0.15) is 11.3 Å². The lowest BCUT2D eigenvalue weighted by Gasteiger charge is -2.09. The van der Waals surface area contributed by atoms with Gasteiger partial charge in [-0.05, 0) is 54.1 Å². The third-order valence-electron chi connectivity index (χ3n) is 3.51. The predicted octanol–water partition coefficient (Wildman–Crippen LogP) is 3.34. The van der Waals surface area contributed by atoms with Crippen molar-refractivity contribution in [3.05, 3.63) is 74.9 Å². The summed E-state index contributed by atoms with van der Waals surface area (Å²) in [6.45, 7) is 2.66. The van der Waals surface area contributed by atoms with Crippen LogP contribution in [0.3, 0.4) is 0 Å². The van der Waals surface area contributed by atoms with Crippen molar-refractivity contribution in [2.45, 2.75) is 13.3 Å². The van der Waals surface area contributed by atoms with Crippen molar-refractivity contribution in [1.29, 1.82) is 0 Å². The molecule has 3 aromatic rings. The van der Waals surface area contributed by atoms with Crippen LogP contribution >= 0.6 is 22.6 Å². The van der Waals surface area contributed by atoms with Gasteiger partial charge in [0.25, 0.3) is 0 Å². The van der Waals surface area contributed by atoms with Crippen LogP contribution in [0.5, 0.6) is 0 Å². The van der Waals surface area contributed by atoms with Gasteiger partial charge in [-0.2, -0.15) is 4.73 Å². The van der Waals surface area contributed by atoms with Crippen LogP contribution in [-0.2, 0) is 6.42 Å². The summed E-state index contributed by atoms with van der Waals surface area (Å²) in [6.07, 6.45) is 3.83. The fourth-order valence-corrected chi connectivity index (χ4v) is 2.73. The largest absolute Gasteiger partial charge is 0.619 e. The number of benzene rings is 1. The molecule has 2 aromatic heterocycles. The number of hydrogen-bond donors (Lipinski definition) is 1. The average molecular weight is 432 g/mol. The smallest absolute Gasteiger partial charge is 0.183 e. The van der Waals surface area contributed by atoms with Crippen molar-refractivity contribution in [2.24, 2.45) is 0 Å². The molecule has 0 fully saturated rings. The Bertz CT molecular complexity index is 837. The first-order valence-electron chi connectivity index (χ1n) is 7.63. The topological polar surface area (TPSA) is 64.8 Å². The molecule has 0 bridgehead atoms. The Labute approximate surface area is 154 Å². The van der Waals surface area contributed by atoms with E-state index in [1.807, 2.05) is 43.3 Å². The molecule has 122 valence electrons. The van der Waals surface area contributed by atoms with Gasteiger partial charge in [-0.3, -0.25) is 0 Å². The van der Waals surface area contributed by atoms with E-state index in [9.17, 15) is 5.21 Å². The number of halogens is 1. The molecule has 6 heteroatoms. The van der Waals surface area contributed by atoms with Gasteiger partial charge in [0.1, 0.15) is 5.82 Å². The number of hydrogen-bond acceptors (Lipinski definition) is 4. The second-order valence-corrected chi connectivity index (χ2v) is 6.72. The molecule has 0 aliphatic carbocycles. The fraction of sp³-hybridized carbons (Fsp3) is 0.167. The highest BCUT2D eigenvalue weighted by molar-refractivity contribution is 14.1. The molecule has 0 atom stereocenters. The summed E-state index contributed by atoms with van der Waals surface area (Å²) >= 11 is 2.28. The monoisotopic (exact) mass is 432 g/mol. The van der Waals surface area contributed by atoms with Gasteiger partial charge >= 0.3 is 0 Å². The summed E-state index contributed by atoms with van der Waals surface area (Å²) in [5.41, 5.74) is 2.90. The molecule has 0 unspecified atom stereocenters. The molecule has 0 aliphatic rings. The van der Waals surface area contributed by atoms with Crippen LogP contribution in [0.15, 0.2) is 54.9 Å². The zero-order chi connectivity index (χ0) is 16.9. The zero-order valence-corrected chi connectivity index (χ0v) is 15.4. The lowest BCUT2D eigenvalue weighted by atomic mass is 10.2. The number of anilines is 1. The second-order valence-electron chi connectivity index (χ2n) is 5.47. The Kier molecular flexibility index (Phi) is 5.24. The minimum absolute atomic E-state index is 0.701. The second kappa shape index (κ2) is 7.57. The zero-order valence-electron chi connectivity index (χ0n) is 13.2. The number of pyridine rings is 1. The maximum absolute atomic E-state index is 11.3. The molecular weight excluding hydrogens is 415 g/mol. The van der Waals surface area contributed by atoms with E-state index in [4.69, 9.17) is 0 Å². The lowest BCUT2D eigenvalue weighted by molar-refractivity contribution is -0.605. The summed E-state index contributed by atoms with van der Waals surface area (Å²) in [6, 6.07) is 13.8. The number of nitrogens with one attached hydrogen (secondary N) is 1. The molecule has 0 saturated heterocycles. The van der Waals surface area contributed by atoms with Crippen LogP contribution < -0.4 is 10.0 Å². The molecular formula is C18H17IN4O. The van der Waals surface area contributed by atoms with Crippen molar-refractivity contribution < 1.29 is 4.73 Å². The maximum Gasteiger partial charge on any atom is 0.183 e. The molecule has 0 aliphatic heterocycles. The number of aryl methyl sites for hydroxylation is 1. The van der Waals surface area contributed by atoms with Crippen molar-refractivity contribution in [3.8, 4) is 11.4 Å². The quantitative estimate of drug-likeness (QED) is 0.382. The highest BCUT2D eigenvalue weighted by atomic mass is 127. The Morgan fingerprint density at radius 3 is 2.71 bits per heavy atom. The first-order valence-corrected chi connectivity index (χ1v) is 8.71. The number of rotatable bonds is 5. The van der Waals surface area contributed by atoms with Gasteiger partial charge in [0.05, 0.1) is 0 Å². The minimum atomic E-state index is 0.701. The van der Waals surface area contributed by atoms with Gasteiger partial charge in [0.2, 0.25) is 0 Å². The third-order valence-corrected chi connectivity index (χ3v) is 4.23. The molecule has 5 nitrogen and oxygen atoms in total. The highest BCUT2D eigenvalue weighted by Crippen LogP contribution is 2.19. The fourth-order valence-electron chi connectivity index (χ4n) is 2.37. The summed E-state index contributed by atoms with van der Waals surface area (Å²) in [5.74, 6) is 1.51. The maximum atomic E-state index is 11.3. The summed E-state index contributed by atoms with van der Waals surface area (Å²) < 4.78 is 2.00. The van der Waals surface area contributed by atoms with E-state index in [1.54, 1.807) is 12.3 Å². The number of aromatic nitrogens is 3. The van der Waals surface area contributed by atoms with Crippen molar-refractivity contribution in [1.82, 2.24) is 9.97 Å². The first-order chi connectivity index (χ1) is 11.6. The molecule has 3 rings (SSSR count). The summed E-state index contributed by atoms with van der Waals surface area (Å²) in [4.78, 5) is 9.10. The molecule has 0 radical (unpaired) electrons. The van der Waals surface area contributed by atoms with Gasteiger partial charge in [-0.1, -0.05) is 12.1 Å². The molecule has 1 N–H and O–H groups in total. The summed E-state index contributed by atoms with van der Waals surface area (Å²) in [7, 11) is 0. The van der Waals surface area contributed by atoms with Crippen molar-refractivity contribution in [3.63, 3.8) is 0 Å². The van der Waals surface area contributed by atoms with Crippen LogP contribution in [-0.4, -0.2) is 16.5 Å². The average Bonchev–Trinajstić information content (AvgIpc) is 2.55. The molecule has 0 amide bonds. The molecule has 1 aromatic carbocycles. The van der Waals surface area contributed by atoms with Gasteiger partial charge in [-0.15, -0.1) is 0 Å². The first kappa shape index (κ1) is 16.6. The van der Waals surface area contributed by atoms with E-state index in [0.717, 1.165) is 33.8 Å².